The van der Waals surface area contributed by atoms with Crippen molar-refractivity contribution >= 4 is 13.9 Å². The monoisotopic (exact) mass is 238 g/mol. The molecule has 0 radical (unpaired) electrons. The summed E-state index contributed by atoms with van der Waals surface area (Å²) in [6, 6.07) is 1.28. The Balaban J connectivity index is 3.00. The average Bonchev–Trinajstić information content (AvgIpc) is 2.42. The minimum absolute atomic E-state index is 0.158. The molecule has 0 heterocycles. The molecular weight excluding hydrogens is 212 g/mol. The average molecular weight is 238 g/mol. The van der Waals surface area contributed by atoms with Crippen molar-refractivity contribution in [3.8, 4) is 0 Å². The van der Waals surface area contributed by atoms with Gasteiger partial charge < -0.3 is 0 Å². The second-order valence-corrected chi connectivity index (χ2v) is 12.1. The fraction of sp³-hybridized carbons (Fsp3) is 0.786. The Labute approximate surface area is 101 Å². The molecule has 1 aliphatic carbocycles. The lowest BCUT2D eigenvalue weighted by atomic mass is 9.74. The number of allylic oxidation sites excluding steroid dienone is 2. The first-order valence-electron chi connectivity index (χ1n) is 6.38. The van der Waals surface area contributed by atoms with Gasteiger partial charge in [-0.15, -0.1) is 0 Å². The van der Waals surface area contributed by atoms with E-state index in [1.165, 1.54) is 18.0 Å². The lowest BCUT2D eigenvalue weighted by Crippen LogP contribution is -2.36. The number of carbonyl (C=O) groups excluding carboxylic acids is 1. The molecule has 1 saturated carbocycles. The lowest BCUT2D eigenvalue weighted by Gasteiger charge is -2.34. The number of ketones is 1. The fourth-order valence-electron chi connectivity index (χ4n) is 3.14. The van der Waals surface area contributed by atoms with Crippen LogP contribution in [0.25, 0.3) is 0 Å². The van der Waals surface area contributed by atoms with Crippen molar-refractivity contribution in [3.63, 3.8) is 0 Å². The number of hydrogen-bond acceptors (Lipinski definition) is 1. The van der Waals surface area contributed by atoms with E-state index in [1.807, 2.05) is 0 Å². The second kappa shape index (κ2) is 4.48. The van der Waals surface area contributed by atoms with Gasteiger partial charge in [-0.1, -0.05) is 37.3 Å². The largest absolute Gasteiger partial charge is 0.299 e. The highest BCUT2D eigenvalue weighted by Crippen LogP contribution is 2.51. The van der Waals surface area contributed by atoms with Gasteiger partial charge in [0.25, 0.3) is 0 Å². The Morgan fingerprint density at radius 1 is 1.50 bits per heavy atom. The van der Waals surface area contributed by atoms with Gasteiger partial charge >= 0.3 is 0 Å². The normalized spacial score (nSPS) is 33.4. The van der Waals surface area contributed by atoms with Crippen LogP contribution in [0.5, 0.6) is 0 Å². The van der Waals surface area contributed by atoms with Crippen LogP contribution in [0.2, 0.25) is 25.7 Å². The van der Waals surface area contributed by atoms with Crippen molar-refractivity contribution < 1.29 is 4.79 Å². The zero-order valence-electron chi connectivity index (χ0n) is 11.7. The van der Waals surface area contributed by atoms with E-state index in [4.69, 9.17) is 0 Å². The summed E-state index contributed by atoms with van der Waals surface area (Å²) < 4.78 is 0. The van der Waals surface area contributed by atoms with Crippen LogP contribution in [0.1, 0.15) is 33.6 Å². The van der Waals surface area contributed by atoms with Crippen LogP contribution in [-0.2, 0) is 4.79 Å². The van der Waals surface area contributed by atoms with E-state index in [0.29, 0.717) is 11.7 Å². The standard InChI is InChI=1S/C14H26OSi/c1-7-12-8-9-13(10-16(4,5)6)14(12,3)11(2)15/h7,13H,8-10H2,1-6H3/b12-7-/t13-,14+/m0/s1. The fourth-order valence-corrected chi connectivity index (χ4v) is 5.23. The minimum atomic E-state index is -1.08. The minimum Gasteiger partial charge on any atom is -0.299 e. The molecule has 1 nitrogen and oxygen atoms in total. The summed E-state index contributed by atoms with van der Waals surface area (Å²) in [5.41, 5.74) is 1.22. The van der Waals surface area contributed by atoms with Crippen molar-refractivity contribution in [2.45, 2.75) is 59.3 Å². The quantitative estimate of drug-likeness (QED) is 0.530. The molecule has 1 fully saturated rings. The summed E-state index contributed by atoms with van der Waals surface area (Å²) in [4.78, 5) is 12.0. The molecule has 0 amide bonds. The predicted molar refractivity (Wildman–Crippen MR) is 73.4 cm³/mol. The highest BCUT2D eigenvalue weighted by molar-refractivity contribution is 6.76. The first kappa shape index (κ1) is 13.7. The highest BCUT2D eigenvalue weighted by Gasteiger charge is 2.46. The lowest BCUT2D eigenvalue weighted by molar-refractivity contribution is -0.125. The van der Waals surface area contributed by atoms with Crippen LogP contribution < -0.4 is 0 Å². The molecule has 0 spiro atoms. The van der Waals surface area contributed by atoms with Crippen molar-refractivity contribution in [1.29, 1.82) is 0 Å². The van der Waals surface area contributed by atoms with E-state index < -0.39 is 8.07 Å². The SMILES string of the molecule is C/C=C1/CC[C@@H](C[Si](C)(C)C)[C@]1(C)C(C)=O. The molecule has 0 saturated heterocycles. The van der Waals surface area contributed by atoms with Crippen molar-refractivity contribution in [3.05, 3.63) is 11.6 Å². The van der Waals surface area contributed by atoms with Crippen LogP contribution in [0.3, 0.4) is 0 Å². The Hall–Kier alpha value is -0.373. The van der Waals surface area contributed by atoms with Crippen LogP contribution in [0.15, 0.2) is 11.6 Å². The molecule has 1 rings (SSSR count). The Kier molecular flexibility index (Phi) is 3.83. The van der Waals surface area contributed by atoms with Crippen LogP contribution in [0.4, 0.5) is 0 Å². The summed E-state index contributed by atoms with van der Waals surface area (Å²) >= 11 is 0. The summed E-state index contributed by atoms with van der Waals surface area (Å²) in [5.74, 6) is 0.948. The van der Waals surface area contributed by atoms with Gasteiger partial charge in [0.15, 0.2) is 0 Å². The molecule has 0 unspecified atom stereocenters. The molecule has 0 aliphatic heterocycles. The zero-order valence-corrected chi connectivity index (χ0v) is 12.7. The third-order valence-corrected chi connectivity index (χ3v) is 5.90. The van der Waals surface area contributed by atoms with Gasteiger partial charge in [0, 0.05) is 13.5 Å². The summed E-state index contributed by atoms with van der Waals surface area (Å²) in [5, 5.41) is 0. The third kappa shape index (κ3) is 2.48. The van der Waals surface area contributed by atoms with Crippen molar-refractivity contribution in [1.82, 2.24) is 0 Å². The topological polar surface area (TPSA) is 17.1 Å². The summed E-state index contributed by atoms with van der Waals surface area (Å²) in [7, 11) is -1.08. The van der Waals surface area contributed by atoms with E-state index in [2.05, 4.69) is 39.6 Å². The van der Waals surface area contributed by atoms with E-state index in [-0.39, 0.29) is 5.41 Å². The molecule has 92 valence electrons. The Bertz CT molecular complexity index is 311. The molecule has 2 atom stereocenters. The van der Waals surface area contributed by atoms with E-state index in [0.717, 1.165) is 6.42 Å². The first-order chi connectivity index (χ1) is 7.21. The zero-order chi connectivity index (χ0) is 12.6. The summed E-state index contributed by atoms with van der Waals surface area (Å²) in [6.45, 7) is 13.2. The molecule has 16 heavy (non-hydrogen) atoms. The Morgan fingerprint density at radius 2 is 2.06 bits per heavy atom. The molecule has 2 heteroatoms. The van der Waals surface area contributed by atoms with Crippen molar-refractivity contribution in [2.75, 3.05) is 0 Å². The van der Waals surface area contributed by atoms with Crippen LogP contribution in [-0.4, -0.2) is 13.9 Å². The van der Waals surface area contributed by atoms with Gasteiger partial charge in [-0.25, -0.2) is 0 Å². The molecule has 0 aromatic heterocycles. The molecule has 0 aromatic carbocycles. The number of rotatable bonds is 3. The number of hydrogen-bond donors (Lipinski definition) is 0. The molecule has 0 N–H and O–H groups in total. The number of carbonyl (C=O) groups is 1. The second-order valence-electron chi connectivity index (χ2n) is 6.57. The van der Waals surface area contributed by atoms with Crippen molar-refractivity contribution in [2.24, 2.45) is 11.3 Å². The van der Waals surface area contributed by atoms with Gasteiger partial charge in [-0.2, -0.15) is 0 Å². The van der Waals surface area contributed by atoms with Crippen LogP contribution in [0, 0.1) is 11.3 Å². The van der Waals surface area contributed by atoms with Gasteiger partial charge in [0.1, 0.15) is 5.78 Å². The molecule has 1 aliphatic rings. The highest BCUT2D eigenvalue weighted by atomic mass is 28.3. The molecule has 0 aromatic rings. The van der Waals surface area contributed by atoms with Gasteiger partial charge in [-0.3, -0.25) is 4.79 Å². The Morgan fingerprint density at radius 3 is 2.44 bits per heavy atom. The van der Waals surface area contributed by atoms with Crippen LogP contribution >= 0.6 is 0 Å². The first-order valence-corrected chi connectivity index (χ1v) is 10.1. The smallest absolute Gasteiger partial charge is 0.139 e. The van der Waals surface area contributed by atoms with Gasteiger partial charge in [0.05, 0.1) is 0 Å². The molecule has 0 bridgehead atoms. The predicted octanol–water partition coefficient (Wildman–Crippen LogP) is 4.28. The van der Waals surface area contributed by atoms with Gasteiger partial charge in [0.2, 0.25) is 0 Å². The van der Waals surface area contributed by atoms with E-state index in [9.17, 15) is 4.79 Å². The van der Waals surface area contributed by atoms with E-state index in [1.54, 1.807) is 6.92 Å². The number of Topliss-reactive ketones (excluding diaryl/α,β-unsaturated/α-hetero) is 1. The third-order valence-electron chi connectivity index (χ3n) is 4.18. The molecular formula is C14H26OSi. The maximum Gasteiger partial charge on any atom is 0.139 e. The van der Waals surface area contributed by atoms with Gasteiger partial charge in [-0.05, 0) is 39.5 Å². The maximum atomic E-state index is 12.0. The van der Waals surface area contributed by atoms with E-state index >= 15 is 0 Å². The maximum absolute atomic E-state index is 12.0. The summed E-state index contributed by atoms with van der Waals surface area (Å²) in [6.07, 6.45) is 4.51.